The molecule has 0 bridgehead atoms. The van der Waals surface area contributed by atoms with Gasteiger partial charge in [-0.3, -0.25) is 0 Å². The predicted octanol–water partition coefficient (Wildman–Crippen LogP) is 3.78. The third-order valence-electron chi connectivity index (χ3n) is 3.03. The maximum absolute atomic E-state index is 11.2. The number of halogens is 2. The molecule has 1 heterocycles. The Balaban J connectivity index is 1.82. The summed E-state index contributed by atoms with van der Waals surface area (Å²) < 4.78 is 0. The van der Waals surface area contributed by atoms with Crippen LogP contribution in [0.25, 0.3) is 11.0 Å². The summed E-state index contributed by atoms with van der Waals surface area (Å²) in [5.74, 6) is 0. The van der Waals surface area contributed by atoms with E-state index in [2.05, 4.69) is 15.3 Å². The van der Waals surface area contributed by atoms with Gasteiger partial charge in [-0.05, 0) is 29.8 Å². The van der Waals surface area contributed by atoms with Crippen molar-refractivity contribution >= 4 is 39.9 Å². The van der Waals surface area contributed by atoms with Gasteiger partial charge in [0.25, 0.3) is 0 Å². The Hall–Kier alpha value is -1.91. The third kappa shape index (κ3) is 2.53. The standard InChI is InChI=1S/C14H11Cl2N3O/c15-10-3-1-2-8(13(10)16)7-17-9-4-5-11-12(6-9)19-14(20)18-11/h1-6,17H,7H2,(H2,18,19,20). The quantitative estimate of drug-likeness (QED) is 0.689. The van der Waals surface area contributed by atoms with Crippen LogP contribution in [0.3, 0.4) is 0 Å². The maximum atomic E-state index is 11.2. The number of rotatable bonds is 3. The summed E-state index contributed by atoms with van der Waals surface area (Å²) in [6, 6.07) is 11.1. The first-order chi connectivity index (χ1) is 9.63. The summed E-state index contributed by atoms with van der Waals surface area (Å²) in [7, 11) is 0. The highest BCUT2D eigenvalue weighted by Crippen LogP contribution is 2.26. The van der Waals surface area contributed by atoms with E-state index in [4.69, 9.17) is 23.2 Å². The second-order valence-electron chi connectivity index (χ2n) is 4.41. The molecular weight excluding hydrogens is 297 g/mol. The number of hydrogen-bond donors (Lipinski definition) is 3. The van der Waals surface area contributed by atoms with E-state index in [0.717, 1.165) is 22.3 Å². The molecule has 0 saturated carbocycles. The number of aromatic amines is 2. The Bertz CT molecular complexity index is 823. The van der Waals surface area contributed by atoms with E-state index in [1.165, 1.54) is 0 Å². The van der Waals surface area contributed by atoms with Gasteiger partial charge in [-0.15, -0.1) is 0 Å². The number of benzene rings is 2. The van der Waals surface area contributed by atoms with Gasteiger partial charge in [0.2, 0.25) is 0 Å². The zero-order valence-corrected chi connectivity index (χ0v) is 11.8. The molecule has 20 heavy (non-hydrogen) atoms. The Kier molecular flexibility index (Phi) is 3.42. The van der Waals surface area contributed by atoms with Crippen molar-refractivity contribution in [3.63, 3.8) is 0 Å². The molecular formula is C14H11Cl2N3O. The smallest absolute Gasteiger partial charge is 0.323 e. The second-order valence-corrected chi connectivity index (χ2v) is 5.19. The van der Waals surface area contributed by atoms with Gasteiger partial charge in [-0.1, -0.05) is 35.3 Å². The van der Waals surface area contributed by atoms with E-state index in [-0.39, 0.29) is 5.69 Å². The van der Waals surface area contributed by atoms with Crippen LogP contribution in [-0.2, 0) is 6.54 Å². The molecule has 1 aromatic heterocycles. The summed E-state index contributed by atoms with van der Waals surface area (Å²) >= 11 is 12.1. The molecule has 0 radical (unpaired) electrons. The van der Waals surface area contributed by atoms with E-state index >= 15 is 0 Å². The van der Waals surface area contributed by atoms with E-state index < -0.39 is 0 Å². The molecule has 0 spiro atoms. The minimum Gasteiger partial charge on any atom is -0.381 e. The van der Waals surface area contributed by atoms with Gasteiger partial charge in [-0.25, -0.2) is 4.79 Å². The minimum atomic E-state index is -0.213. The highest BCUT2D eigenvalue weighted by molar-refractivity contribution is 6.42. The predicted molar refractivity (Wildman–Crippen MR) is 82.7 cm³/mol. The highest BCUT2D eigenvalue weighted by Gasteiger charge is 2.05. The average molecular weight is 308 g/mol. The third-order valence-corrected chi connectivity index (χ3v) is 3.89. The summed E-state index contributed by atoms with van der Waals surface area (Å²) in [6.07, 6.45) is 0. The van der Waals surface area contributed by atoms with Crippen molar-refractivity contribution in [2.45, 2.75) is 6.54 Å². The van der Waals surface area contributed by atoms with Gasteiger partial charge in [0.15, 0.2) is 0 Å². The van der Waals surface area contributed by atoms with E-state index in [9.17, 15) is 4.79 Å². The lowest BCUT2D eigenvalue weighted by molar-refractivity contribution is 1.15. The van der Waals surface area contributed by atoms with Gasteiger partial charge in [0.1, 0.15) is 0 Å². The molecule has 0 aliphatic rings. The van der Waals surface area contributed by atoms with Crippen LogP contribution in [0.15, 0.2) is 41.2 Å². The Morgan fingerprint density at radius 2 is 1.85 bits per heavy atom. The highest BCUT2D eigenvalue weighted by atomic mass is 35.5. The normalized spacial score (nSPS) is 10.9. The number of fused-ring (bicyclic) bond motifs is 1. The van der Waals surface area contributed by atoms with Gasteiger partial charge < -0.3 is 15.3 Å². The average Bonchev–Trinajstić information content (AvgIpc) is 2.79. The monoisotopic (exact) mass is 307 g/mol. The van der Waals surface area contributed by atoms with Gasteiger partial charge in [-0.2, -0.15) is 0 Å². The number of hydrogen-bond acceptors (Lipinski definition) is 2. The molecule has 102 valence electrons. The van der Waals surface area contributed by atoms with Crippen molar-refractivity contribution in [2.75, 3.05) is 5.32 Å². The van der Waals surface area contributed by atoms with Crippen LogP contribution in [0.2, 0.25) is 10.0 Å². The molecule has 0 aliphatic carbocycles. The molecule has 4 nitrogen and oxygen atoms in total. The molecule has 3 aromatic rings. The molecule has 6 heteroatoms. The topological polar surface area (TPSA) is 60.7 Å². The van der Waals surface area contributed by atoms with Crippen LogP contribution in [-0.4, -0.2) is 9.97 Å². The molecule has 3 rings (SSSR count). The molecule has 0 fully saturated rings. The van der Waals surface area contributed by atoms with Crippen LogP contribution in [0.5, 0.6) is 0 Å². The van der Waals surface area contributed by atoms with Crippen molar-refractivity contribution in [3.8, 4) is 0 Å². The summed E-state index contributed by atoms with van der Waals surface area (Å²) in [6.45, 7) is 0.555. The van der Waals surface area contributed by atoms with Crippen molar-refractivity contribution < 1.29 is 0 Å². The summed E-state index contributed by atoms with van der Waals surface area (Å²) in [5.41, 5.74) is 3.14. The minimum absolute atomic E-state index is 0.213. The molecule has 0 atom stereocenters. The molecule has 0 unspecified atom stereocenters. The first-order valence-corrected chi connectivity index (χ1v) is 6.78. The fourth-order valence-electron chi connectivity index (χ4n) is 2.02. The number of H-pyrrole nitrogens is 2. The number of anilines is 1. The number of nitrogens with one attached hydrogen (secondary N) is 3. The van der Waals surface area contributed by atoms with Gasteiger partial charge in [0, 0.05) is 12.2 Å². The second kappa shape index (κ2) is 5.23. The zero-order valence-electron chi connectivity index (χ0n) is 10.3. The first-order valence-electron chi connectivity index (χ1n) is 6.02. The molecule has 2 aromatic carbocycles. The lowest BCUT2D eigenvalue weighted by atomic mass is 10.2. The SMILES string of the molecule is O=c1[nH]c2ccc(NCc3cccc(Cl)c3Cl)cc2[nH]1. The fourth-order valence-corrected chi connectivity index (χ4v) is 2.41. The number of imidazole rings is 1. The fraction of sp³-hybridized carbons (Fsp3) is 0.0714. The largest absolute Gasteiger partial charge is 0.381 e. The van der Waals surface area contributed by atoms with Crippen molar-refractivity contribution in [3.05, 3.63) is 62.5 Å². The maximum Gasteiger partial charge on any atom is 0.323 e. The van der Waals surface area contributed by atoms with Crippen LogP contribution in [0, 0.1) is 0 Å². The van der Waals surface area contributed by atoms with E-state index in [0.29, 0.717) is 16.6 Å². The lowest BCUT2D eigenvalue weighted by Gasteiger charge is -2.09. The first kappa shape index (κ1) is 13.1. The number of aromatic nitrogens is 2. The molecule has 3 N–H and O–H groups in total. The van der Waals surface area contributed by atoms with Crippen molar-refractivity contribution in [1.29, 1.82) is 0 Å². The lowest BCUT2D eigenvalue weighted by Crippen LogP contribution is -2.00. The molecule has 0 amide bonds. The summed E-state index contributed by atoms with van der Waals surface area (Å²) in [4.78, 5) is 16.6. The zero-order chi connectivity index (χ0) is 14.1. The van der Waals surface area contributed by atoms with Crippen LogP contribution in [0.4, 0.5) is 5.69 Å². The van der Waals surface area contributed by atoms with Crippen molar-refractivity contribution in [1.82, 2.24) is 9.97 Å². The van der Waals surface area contributed by atoms with Gasteiger partial charge >= 0.3 is 5.69 Å². The molecule has 0 aliphatic heterocycles. The van der Waals surface area contributed by atoms with Crippen LogP contribution >= 0.6 is 23.2 Å². The molecule has 0 saturated heterocycles. The van der Waals surface area contributed by atoms with Crippen LogP contribution < -0.4 is 11.0 Å². The Morgan fingerprint density at radius 1 is 1.05 bits per heavy atom. The van der Waals surface area contributed by atoms with E-state index in [1.54, 1.807) is 6.07 Å². The Morgan fingerprint density at radius 3 is 2.70 bits per heavy atom. The van der Waals surface area contributed by atoms with E-state index in [1.807, 2.05) is 30.3 Å². The summed E-state index contributed by atoms with van der Waals surface area (Å²) in [5, 5.41) is 4.34. The van der Waals surface area contributed by atoms with Crippen LogP contribution in [0.1, 0.15) is 5.56 Å². The van der Waals surface area contributed by atoms with Gasteiger partial charge in [0.05, 0.1) is 21.1 Å². The Labute approximate surface area is 124 Å². The van der Waals surface area contributed by atoms with Crippen molar-refractivity contribution in [2.24, 2.45) is 0 Å².